The summed E-state index contributed by atoms with van der Waals surface area (Å²) in [6.07, 6.45) is 1.85. The van der Waals surface area contributed by atoms with Crippen molar-refractivity contribution in [2.24, 2.45) is 4.99 Å². The van der Waals surface area contributed by atoms with Gasteiger partial charge in [-0.05, 0) is 48.7 Å². The zero-order valence-corrected chi connectivity index (χ0v) is 21.7. The maximum Gasteiger partial charge on any atom is 0.338 e. The van der Waals surface area contributed by atoms with E-state index < -0.39 is 12.0 Å². The molecular formula is C30H24N2O5S. The van der Waals surface area contributed by atoms with Crippen LogP contribution in [0.2, 0.25) is 0 Å². The fraction of sp³-hybridized carbons (Fsp3) is 0.167. The number of esters is 1. The van der Waals surface area contributed by atoms with Gasteiger partial charge in [0, 0.05) is 0 Å². The molecule has 38 heavy (non-hydrogen) atoms. The first-order valence-electron chi connectivity index (χ1n) is 12.2. The van der Waals surface area contributed by atoms with Crippen molar-refractivity contribution in [3.63, 3.8) is 0 Å². The van der Waals surface area contributed by atoms with E-state index in [1.807, 2.05) is 79.7 Å². The van der Waals surface area contributed by atoms with Crippen molar-refractivity contribution in [1.82, 2.24) is 4.57 Å². The predicted molar refractivity (Wildman–Crippen MR) is 144 cm³/mol. The fourth-order valence-electron chi connectivity index (χ4n) is 4.60. The van der Waals surface area contributed by atoms with Gasteiger partial charge in [0.25, 0.3) is 5.56 Å². The second kappa shape index (κ2) is 9.79. The molecule has 2 aliphatic heterocycles. The standard InChI is InChI=1S/C30H24N2O5S/c1-18-8-10-20(11-9-18)14-25-28(33)32-27(22-12-13-23-24(15-22)37-17-36-23)26(19(2)31-30(32)38-25)29(34)35-16-21-6-4-3-5-7-21/h3-15,27H,16-17H2,1-2H3/b25-14-. The Kier molecular flexibility index (Phi) is 6.17. The molecule has 0 saturated carbocycles. The number of hydrogen-bond donors (Lipinski definition) is 0. The Morgan fingerprint density at radius 3 is 2.61 bits per heavy atom. The second-order valence-electron chi connectivity index (χ2n) is 9.17. The molecule has 190 valence electrons. The first kappa shape index (κ1) is 23.9. The molecule has 0 fully saturated rings. The highest BCUT2D eigenvalue weighted by molar-refractivity contribution is 7.07. The summed E-state index contributed by atoms with van der Waals surface area (Å²) in [6.45, 7) is 4.03. The summed E-state index contributed by atoms with van der Waals surface area (Å²) >= 11 is 1.30. The van der Waals surface area contributed by atoms with E-state index in [0.717, 1.165) is 16.7 Å². The van der Waals surface area contributed by atoms with Crippen LogP contribution in [0.15, 0.2) is 93.9 Å². The van der Waals surface area contributed by atoms with Gasteiger partial charge in [-0.25, -0.2) is 9.79 Å². The van der Waals surface area contributed by atoms with Crippen LogP contribution in [-0.2, 0) is 16.1 Å². The van der Waals surface area contributed by atoms with Crippen molar-refractivity contribution in [3.05, 3.63) is 126 Å². The molecule has 2 aliphatic rings. The van der Waals surface area contributed by atoms with Crippen LogP contribution in [0.3, 0.4) is 0 Å². The molecule has 0 spiro atoms. The number of aryl methyl sites for hydroxylation is 1. The van der Waals surface area contributed by atoms with Crippen LogP contribution in [0, 0.1) is 6.92 Å². The Morgan fingerprint density at radius 1 is 1.05 bits per heavy atom. The number of aromatic nitrogens is 1. The Labute approximate surface area is 222 Å². The van der Waals surface area contributed by atoms with Gasteiger partial charge in [-0.1, -0.05) is 77.6 Å². The normalized spacial score (nSPS) is 16.3. The molecule has 0 amide bonds. The van der Waals surface area contributed by atoms with Gasteiger partial charge in [-0.15, -0.1) is 0 Å². The molecule has 6 rings (SSSR count). The van der Waals surface area contributed by atoms with E-state index in [1.54, 1.807) is 17.6 Å². The fourth-order valence-corrected chi connectivity index (χ4v) is 5.64. The van der Waals surface area contributed by atoms with Crippen LogP contribution in [0.25, 0.3) is 6.08 Å². The van der Waals surface area contributed by atoms with E-state index in [9.17, 15) is 9.59 Å². The van der Waals surface area contributed by atoms with Crippen LogP contribution >= 0.6 is 11.3 Å². The highest BCUT2D eigenvalue weighted by Crippen LogP contribution is 2.38. The van der Waals surface area contributed by atoms with Gasteiger partial charge in [0.2, 0.25) is 6.79 Å². The summed E-state index contributed by atoms with van der Waals surface area (Å²) in [5, 5.41) is 0. The number of allylic oxidation sites excluding steroid dienone is 1. The Hall–Kier alpha value is -4.43. The number of nitrogens with zero attached hydrogens (tertiary/aromatic N) is 2. The average Bonchev–Trinajstić information content (AvgIpc) is 3.52. The molecule has 7 nitrogen and oxygen atoms in total. The lowest BCUT2D eigenvalue weighted by molar-refractivity contribution is -0.140. The molecular weight excluding hydrogens is 500 g/mol. The van der Waals surface area contributed by atoms with Gasteiger partial charge in [-0.3, -0.25) is 9.36 Å². The molecule has 3 aromatic carbocycles. The van der Waals surface area contributed by atoms with Crippen molar-refractivity contribution in [2.75, 3.05) is 6.79 Å². The SMILES string of the molecule is CC1=C(C(=O)OCc2ccccc2)C(c2ccc3c(c2)OCO3)n2c(s/c(=C\c3ccc(C)cc3)c2=O)=N1. The van der Waals surface area contributed by atoms with Crippen LogP contribution < -0.4 is 24.4 Å². The number of carbonyl (C=O) groups is 1. The van der Waals surface area contributed by atoms with Crippen molar-refractivity contribution in [2.45, 2.75) is 26.5 Å². The topological polar surface area (TPSA) is 79.1 Å². The number of rotatable bonds is 5. The highest BCUT2D eigenvalue weighted by atomic mass is 32.1. The summed E-state index contributed by atoms with van der Waals surface area (Å²) in [4.78, 5) is 32.5. The molecule has 4 aromatic rings. The van der Waals surface area contributed by atoms with Crippen LogP contribution in [0.4, 0.5) is 0 Å². The third-order valence-electron chi connectivity index (χ3n) is 6.54. The number of hydrogen-bond acceptors (Lipinski definition) is 7. The minimum absolute atomic E-state index is 0.113. The van der Waals surface area contributed by atoms with Gasteiger partial charge >= 0.3 is 5.97 Å². The van der Waals surface area contributed by atoms with Crippen LogP contribution in [0.1, 0.15) is 35.2 Å². The number of thiazole rings is 1. The lowest BCUT2D eigenvalue weighted by Gasteiger charge is -2.25. The van der Waals surface area contributed by atoms with Crippen molar-refractivity contribution in [3.8, 4) is 11.5 Å². The minimum atomic E-state index is -0.732. The molecule has 0 bridgehead atoms. The summed E-state index contributed by atoms with van der Waals surface area (Å²) in [5.74, 6) is 0.663. The third kappa shape index (κ3) is 4.43. The Balaban J connectivity index is 1.47. The number of benzene rings is 3. The maximum absolute atomic E-state index is 13.8. The zero-order chi connectivity index (χ0) is 26.2. The number of fused-ring (bicyclic) bond motifs is 2. The van der Waals surface area contributed by atoms with Gasteiger partial charge in [-0.2, -0.15) is 0 Å². The van der Waals surface area contributed by atoms with E-state index in [1.165, 1.54) is 11.3 Å². The zero-order valence-electron chi connectivity index (χ0n) is 20.8. The molecule has 1 aromatic heterocycles. The smallest absolute Gasteiger partial charge is 0.338 e. The van der Waals surface area contributed by atoms with Crippen molar-refractivity contribution < 1.29 is 19.0 Å². The molecule has 0 saturated heterocycles. The van der Waals surface area contributed by atoms with E-state index in [-0.39, 0.29) is 19.0 Å². The molecule has 0 aliphatic carbocycles. The molecule has 3 heterocycles. The molecule has 0 radical (unpaired) electrons. The van der Waals surface area contributed by atoms with Crippen LogP contribution in [-0.4, -0.2) is 17.3 Å². The summed E-state index contributed by atoms with van der Waals surface area (Å²) < 4.78 is 18.9. The minimum Gasteiger partial charge on any atom is -0.457 e. The highest BCUT2D eigenvalue weighted by Gasteiger charge is 2.34. The maximum atomic E-state index is 13.8. The molecule has 8 heteroatoms. The van der Waals surface area contributed by atoms with Gasteiger partial charge < -0.3 is 14.2 Å². The molecule has 1 unspecified atom stereocenters. The van der Waals surface area contributed by atoms with Gasteiger partial charge in [0.05, 0.1) is 21.8 Å². The lowest BCUT2D eigenvalue weighted by atomic mass is 9.95. The van der Waals surface area contributed by atoms with Crippen LogP contribution in [0.5, 0.6) is 11.5 Å². The molecule has 1 atom stereocenters. The van der Waals surface area contributed by atoms with E-state index in [0.29, 0.717) is 37.7 Å². The number of carbonyl (C=O) groups excluding carboxylic acids is 1. The summed E-state index contributed by atoms with van der Waals surface area (Å²) in [6, 6.07) is 22.1. The largest absolute Gasteiger partial charge is 0.457 e. The summed E-state index contributed by atoms with van der Waals surface area (Å²) in [7, 11) is 0. The Bertz CT molecular complexity index is 1750. The van der Waals surface area contributed by atoms with E-state index in [4.69, 9.17) is 14.2 Å². The molecule has 0 N–H and O–H groups in total. The second-order valence-corrected chi connectivity index (χ2v) is 10.2. The van der Waals surface area contributed by atoms with E-state index in [2.05, 4.69) is 4.99 Å². The third-order valence-corrected chi connectivity index (χ3v) is 7.52. The lowest BCUT2D eigenvalue weighted by Crippen LogP contribution is -2.39. The van der Waals surface area contributed by atoms with Crippen molar-refractivity contribution in [1.29, 1.82) is 0 Å². The van der Waals surface area contributed by atoms with Gasteiger partial charge in [0.1, 0.15) is 6.61 Å². The first-order valence-corrected chi connectivity index (χ1v) is 13.0. The van der Waals surface area contributed by atoms with Crippen molar-refractivity contribution >= 4 is 23.4 Å². The predicted octanol–water partition coefficient (Wildman–Crippen LogP) is 4.02. The monoisotopic (exact) mass is 524 g/mol. The van der Waals surface area contributed by atoms with Gasteiger partial charge in [0.15, 0.2) is 16.3 Å². The number of ether oxygens (including phenoxy) is 3. The quantitative estimate of drug-likeness (QED) is 0.369. The average molecular weight is 525 g/mol. The Morgan fingerprint density at radius 2 is 1.82 bits per heavy atom. The first-order chi connectivity index (χ1) is 18.5. The summed E-state index contributed by atoms with van der Waals surface area (Å²) in [5.41, 5.74) is 4.23. The van der Waals surface area contributed by atoms with E-state index >= 15 is 0 Å².